The molecular weight excluding hydrogens is 245 g/mol. The van der Waals surface area contributed by atoms with Crippen LogP contribution in [0.1, 0.15) is 0 Å². The largest absolute Gasteiger partial charge is 0.224 e. The van der Waals surface area contributed by atoms with E-state index in [1.165, 1.54) is 0 Å². The molecule has 0 saturated heterocycles. The molecule has 0 radical (unpaired) electrons. The lowest BCUT2D eigenvalue weighted by atomic mass is 13.9. The lowest BCUT2D eigenvalue weighted by molar-refractivity contribution is 2.10. The van der Waals surface area contributed by atoms with Crippen molar-refractivity contribution in [3.63, 3.8) is 0 Å². The molecule has 1 unspecified atom stereocenters. The lowest BCUT2D eigenvalue weighted by Gasteiger charge is -1.94. The first-order valence-electron chi connectivity index (χ1n) is 1.34. The van der Waals surface area contributed by atoms with Gasteiger partial charge in [0.05, 0.1) is 8.42 Å². The highest BCUT2D eigenvalue weighted by atomic mass is 35.9. The van der Waals surface area contributed by atoms with Crippen LogP contribution in [-0.2, 0) is 11.8 Å². The van der Waals surface area contributed by atoms with Crippen LogP contribution in [0.2, 0.25) is 0 Å². The molecule has 0 heterocycles. The molecule has 48 valence electrons. The first kappa shape index (κ1) is 10.0. The van der Waals surface area contributed by atoms with Crippen LogP contribution >= 0.6 is 54.3 Å². The average Bonchev–Trinajstić information content (AvgIpc) is 1.59. The van der Waals surface area contributed by atoms with Crippen molar-refractivity contribution in [3.8, 4) is 0 Å². The minimum Gasteiger partial charge on any atom is -0.224 e. The Morgan fingerprint density at radius 1 is 1.62 bits per heavy atom. The maximum absolute atomic E-state index is 5.46. The Bertz CT molecular complexity index is 126. The Morgan fingerprint density at radius 2 is 2.12 bits per heavy atom. The van der Waals surface area contributed by atoms with Crippen molar-refractivity contribution in [1.82, 2.24) is 0 Å². The summed E-state index contributed by atoms with van der Waals surface area (Å²) in [5, 5.41) is 0. The number of hydrogen-bond donors (Lipinski definition) is 0. The molecule has 1 nitrogen and oxygen atoms in total. The summed E-state index contributed by atoms with van der Waals surface area (Å²) >= 11 is 20.7. The van der Waals surface area contributed by atoms with E-state index in [1.54, 1.807) is 0 Å². The fourth-order valence-electron chi connectivity index (χ4n) is 0.0690. The smallest absolute Gasteiger partial charge is 0.158 e. The second-order valence-corrected chi connectivity index (χ2v) is 15.0. The van der Waals surface area contributed by atoms with Gasteiger partial charge in [-0.15, -0.1) is 0 Å². The van der Waals surface area contributed by atoms with Crippen LogP contribution in [0.15, 0.2) is 4.52 Å². The van der Waals surface area contributed by atoms with E-state index in [4.69, 9.17) is 33.7 Å². The molecule has 0 bridgehead atoms. The van der Waals surface area contributed by atoms with E-state index >= 15 is 0 Å². The van der Waals surface area contributed by atoms with Gasteiger partial charge in [0.15, 0.2) is 4.43 Å². The van der Waals surface area contributed by atoms with Crippen molar-refractivity contribution in [3.05, 3.63) is 0 Å². The van der Waals surface area contributed by atoms with E-state index in [2.05, 4.69) is 16.3 Å². The second kappa shape index (κ2) is 4.80. The van der Waals surface area contributed by atoms with Crippen molar-refractivity contribution in [2.45, 2.75) is 0 Å². The summed E-state index contributed by atoms with van der Waals surface area (Å²) in [6.45, 7) is 0. The van der Waals surface area contributed by atoms with Gasteiger partial charge in [0.2, 0.25) is 0 Å². The fourth-order valence-corrected chi connectivity index (χ4v) is 5.59. The lowest BCUT2D eigenvalue weighted by Crippen LogP contribution is -1.30. The summed E-state index contributed by atoms with van der Waals surface area (Å²) in [6, 6.07) is 0. The van der Waals surface area contributed by atoms with E-state index in [1.807, 2.05) is 0 Å². The molecule has 0 amide bonds. The summed E-state index contributed by atoms with van der Waals surface area (Å²) < 4.78 is 1.56. The highest BCUT2D eigenvalue weighted by Gasteiger charge is 2.04. The predicted octanol–water partition coefficient (Wildman–Crippen LogP) is 4.57. The van der Waals surface area contributed by atoms with Gasteiger partial charge < -0.3 is 0 Å². The van der Waals surface area contributed by atoms with Crippen LogP contribution in [0.25, 0.3) is 0 Å². The van der Waals surface area contributed by atoms with E-state index in [0.717, 1.165) is 0 Å². The summed E-state index contributed by atoms with van der Waals surface area (Å²) in [5.41, 5.74) is 0. The number of nitrogens with zero attached hydrogens (tertiary/aromatic N) is 1. The summed E-state index contributed by atoms with van der Waals surface area (Å²) in [6.07, 6.45) is 0. The highest BCUT2D eigenvalue weighted by molar-refractivity contribution is 8.66. The molecule has 0 aromatic rings. The molecule has 0 saturated carbocycles. The number of halogens is 3. The molecule has 0 N–H and O–H groups in total. The Hall–Kier alpha value is 2.05. The molecule has 0 aliphatic rings. The average molecular weight is 246 g/mol. The first-order chi connectivity index (χ1) is 3.56. The molecule has 1 atom stereocenters. The molecule has 0 fully saturated rings. The van der Waals surface area contributed by atoms with Gasteiger partial charge in [-0.2, -0.15) is 0 Å². The van der Waals surface area contributed by atoms with Crippen LogP contribution in [0.5, 0.6) is 0 Å². The van der Waals surface area contributed by atoms with Crippen LogP contribution in [-0.4, -0.2) is 0 Å². The van der Waals surface area contributed by atoms with Gasteiger partial charge in [0, 0.05) is 0 Å². The van der Waals surface area contributed by atoms with Crippen molar-refractivity contribution in [2.24, 2.45) is 4.52 Å². The number of rotatable bonds is 2. The summed E-state index contributed by atoms with van der Waals surface area (Å²) in [4.78, 5) is 0. The highest BCUT2D eigenvalue weighted by Crippen LogP contribution is 2.73. The van der Waals surface area contributed by atoms with Gasteiger partial charge in [0.25, 0.3) is 0 Å². The molecule has 0 aliphatic heterocycles. The third kappa shape index (κ3) is 8.05. The van der Waals surface area contributed by atoms with E-state index < -0.39 is 4.43 Å². The van der Waals surface area contributed by atoms with Crippen LogP contribution in [0.3, 0.4) is 0 Å². The van der Waals surface area contributed by atoms with Gasteiger partial charge in [-0.05, 0) is 11.2 Å². The normalized spacial score (nSPS) is 14.4. The van der Waals surface area contributed by atoms with E-state index in [9.17, 15) is 0 Å². The minimum absolute atomic E-state index is 0.0791. The molecule has 8 heavy (non-hydrogen) atoms. The van der Waals surface area contributed by atoms with E-state index in [0.29, 0.717) is 7.73 Å². The van der Waals surface area contributed by atoms with Crippen molar-refractivity contribution in [1.29, 1.82) is 0 Å². The van der Waals surface area contributed by atoms with Gasteiger partial charge in [0.1, 0.15) is 7.73 Å². The molecule has 0 spiro atoms. The van der Waals surface area contributed by atoms with Crippen LogP contribution < -0.4 is 0 Å². The molecule has 8 heteroatoms. The molecule has 0 aliphatic carbocycles. The van der Waals surface area contributed by atoms with Gasteiger partial charge in [-0.3, -0.25) is 0 Å². The van der Waals surface area contributed by atoms with Gasteiger partial charge in [-0.25, -0.2) is 4.52 Å². The number of hydrogen-bond acceptors (Lipinski definition) is 2. The third-order valence-electron chi connectivity index (χ3n) is 0.199. The Morgan fingerprint density at radius 3 is 2.25 bits per heavy atom. The zero-order chi connectivity index (χ0) is 6.62. The SMILES string of the molecule is S=P(Cl)(Cl)PN=PCl. The van der Waals surface area contributed by atoms with Crippen LogP contribution in [0.4, 0.5) is 0 Å². The monoisotopic (exact) mass is 245 g/mol. The summed E-state index contributed by atoms with van der Waals surface area (Å²) in [5.74, 6) is 0. The molecule has 0 aromatic heterocycles. The predicted molar refractivity (Wildman–Crippen MR) is 49.5 cm³/mol. The van der Waals surface area contributed by atoms with Gasteiger partial charge in [-0.1, -0.05) is 34.3 Å². The van der Waals surface area contributed by atoms with Crippen molar-refractivity contribution < 1.29 is 0 Å². The first-order valence-corrected chi connectivity index (χ1v) is 9.49. The Balaban J connectivity index is 3.57. The standard InChI is InChI=1S/Cl3HNP3S/c1-5-4-6-7(2,3)8/h6H. The quantitative estimate of drug-likeness (QED) is 0.650. The second-order valence-electron chi connectivity index (χ2n) is 0.738. The third-order valence-corrected chi connectivity index (χ3v) is 5.37. The maximum atomic E-state index is 5.46. The van der Waals surface area contributed by atoms with E-state index in [-0.39, 0.29) is 8.42 Å². The topological polar surface area (TPSA) is 12.4 Å². The van der Waals surface area contributed by atoms with Crippen molar-refractivity contribution in [2.75, 3.05) is 0 Å². The Labute approximate surface area is 70.5 Å². The minimum atomic E-state index is -2.13. The van der Waals surface area contributed by atoms with Crippen LogP contribution in [0, 0.1) is 0 Å². The summed E-state index contributed by atoms with van der Waals surface area (Å²) in [7, 11) is 0.511. The Kier molecular flexibility index (Phi) is 6.03. The zero-order valence-corrected chi connectivity index (χ0v) is 9.26. The molecule has 0 rings (SSSR count). The van der Waals surface area contributed by atoms with Crippen molar-refractivity contribution >= 4 is 66.1 Å². The zero-order valence-electron chi connectivity index (χ0n) is 3.38. The van der Waals surface area contributed by atoms with Gasteiger partial charge >= 0.3 is 0 Å². The molecular formula is HCl3NP3S. The maximum Gasteiger partial charge on any atom is 0.158 e. The fraction of sp³-hybridized carbons (Fsp3) is 0. The molecule has 0 aromatic carbocycles.